The Labute approximate surface area is 146 Å². The number of carbonyl (C=O) groups is 1. The van der Waals surface area contributed by atoms with Crippen molar-refractivity contribution < 1.29 is 9.21 Å². The van der Waals surface area contributed by atoms with Crippen LogP contribution in [0.2, 0.25) is 0 Å². The van der Waals surface area contributed by atoms with E-state index in [1.807, 2.05) is 24.3 Å². The van der Waals surface area contributed by atoms with Crippen molar-refractivity contribution in [2.75, 3.05) is 0 Å². The number of aryl methyl sites for hydroxylation is 1. The lowest BCUT2D eigenvalue weighted by Gasteiger charge is -2.26. The summed E-state index contributed by atoms with van der Waals surface area (Å²) in [4.78, 5) is 25.3. The van der Waals surface area contributed by atoms with Gasteiger partial charge in [-0.3, -0.25) is 4.79 Å². The normalized spacial score (nSPS) is 30.2. The maximum Gasteiger partial charge on any atom is 0.336 e. The highest BCUT2D eigenvalue weighted by Crippen LogP contribution is 2.62. The maximum atomic E-state index is 13.4. The van der Waals surface area contributed by atoms with Gasteiger partial charge in [0.1, 0.15) is 5.76 Å². The van der Waals surface area contributed by atoms with E-state index in [1.165, 1.54) is 25.3 Å². The summed E-state index contributed by atoms with van der Waals surface area (Å²) < 4.78 is 5.11. The SMILES string of the molecule is Cc1cc(C2=C(c3ccccc3)C3C4CCC(C4)C3C2=O)cc(=O)o1. The van der Waals surface area contributed by atoms with E-state index in [0.29, 0.717) is 23.5 Å². The van der Waals surface area contributed by atoms with Crippen LogP contribution in [0.4, 0.5) is 0 Å². The molecule has 0 N–H and O–H groups in total. The van der Waals surface area contributed by atoms with E-state index >= 15 is 0 Å². The molecule has 2 saturated carbocycles. The average molecular weight is 332 g/mol. The Morgan fingerprint density at radius 2 is 1.64 bits per heavy atom. The van der Waals surface area contributed by atoms with Crippen LogP contribution in [0, 0.1) is 30.6 Å². The molecule has 4 unspecified atom stereocenters. The standard InChI is InChI=1S/C22H20O3/c1-12-9-16(11-17(23)25-12)21-18(13-5-3-2-4-6-13)19-14-7-8-15(10-14)20(19)22(21)24/h2-6,9,11,14-15,19-20H,7-8,10H2,1H3. The van der Waals surface area contributed by atoms with Crippen LogP contribution in [0.25, 0.3) is 11.1 Å². The molecular weight excluding hydrogens is 312 g/mol. The highest BCUT2D eigenvalue weighted by atomic mass is 16.4. The first kappa shape index (κ1) is 14.9. The number of carbonyl (C=O) groups excluding carboxylic acids is 1. The van der Waals surface area contributed by atoms with Crippen molar-refractivity contribution in [1.82, 2.24) is 0 Å². The van der Waals surface area contributed by atoms with E-state index in [0.717, 1.165) is 22.3 Å². The van der Waals surface area contributed by atoms with Gasteiger partial charge in [0.2, 0.25) is 0 Å². The van der Waals surface area contributed by atoms with Gasteiger partial charge in [0.15, 0.2) is 5.78 Å². The lowest BCUT2D eigenvalue weighted by Crippen LogP contribution is -2.24. The van der Waals surface area contributed by atoms with Crippen molar-refractivity contribution in [3.63, 3.8) is 0 Å². The second-order valence-electron chi connectivity index (χ2n) is 7.68. The minimum absolute atomic E-state index is 0.108. The molecule has 3 nitrogen and oxygen atoms in total. The molecule has 1 aromatic heterocycles. The molecule has 0 radical (unpaired) electrons. The van der Waals surface area contributed by atoms with Gasteiger partial charge in [-0.05, 0) is 66.7 Å². The Hall–Kier alpha value is -2.42. The Bertz CT molecular complexity index is 951. The first-order chi connectivity index (χ1) is 12.1. The van der Waals surface area contributed by atoms with Gasteiger partial charge in [-0.15, -0.1) is 0 Å². The largest absolute Gasteiger partial charge is 0.428 e. The minimum Gasteiger partial charge on any atom is -0.428 e. The van der Waals surface area contributed by atoms with E-state index in [4.69, 9.17) is 4.42 Å². The van der Waals surface area contributed by atoms with Gasteiger partial charge in [0, 0.05) is 17.6 Å². The highest BCUT2D eigenvalue weighted by Gasteiger charge is 2.57. The summed E-state index contributed by atoms with van der Waals surface area (Å²) in [6, 6.07) is 13.5. The fraction of sp³-hybridized carbons (Fsp3) is 0.364. The average Bonchev–Trinajstić information content (AvgIpc) is 3.27. The molecule has 2 fully saturated rings. The molecule has 3 heteroatoms. The summed E-state index contributed by atoms with van der Waals surface area (Å²) in [5, 5.41) is 0. The van der Waals surface area contributed by atoms with Crippen LogP contribution in [-0.2, 0) is 4.79 Å². The summed E-state index contributed by atoms with van der Waals surface area (Å²) in [6.07, 6.45) is 3.57. The summed E-state index contributed by atoms with van der Waals surface area (Å²) >= 11 is 0. The van der Waals surface area contributed by atoms with Crippen LogP contribution in [0.3, 0.4) is 0 Å². The van der Waals surface area contributed by atoms with E-state index in [-0.39, 0.29) is 17.3 Å². The van der Waals surface area contributed by atoms with Crippen molar-refractivity contribution in [2.24, 2.45) is 23.7 Å². The third kappa shape index (κ3) is 2.11. The zero-order chi connectivity index (χ0) is 17.1. The van der Waals surface area contributed by atoms with E-state index in [9.17, 15) is 9.59 Å². The van der Waals surface area contributed by atoms with Crippen molar-refractivity contribution in [3.8, 4) is 0 Å². The molecule has 2 aromatic rings. The molecule has 0 spiro atoms. The molecule has 3 aliphatic carbocycles. The van der Waals surface area contributed by atoms with Crippen molar-refractivity contribution in [1.29, 1.82) is 0 Å². The van der Waals surface area contributed by atoms with Crippen molar-refractivity contribution in [3.05, 3.63) is 69.8 Å². The first-order valence-corrected chi connectivity index (χ1v) is 9.09. The lowest BCUT2D eigenvalue weighted by atomic mass is 9.77. The number of benzene rings is 1. The highest BCUT2D eigenvalue weighted by molar-refractivity contribution is 6.32. The zero-order valence-electron chi connectivity index (χ0n) is 14.2. The van der Waals surface area contributed by atoms with Crippen LogP contribution in [0.1, 0.15) is 36.1 Å². The number of Topliss-reactive ketones (excluding diaryl/α,β-unsaturated/α-hetero) is 1. The summed E-state index contributed by atoms with van der Waals surface area (Å²) in [5.41, 5.74) is 3.38. The van der Waals surface area contributed by atoms with Gasteiger partial charge in [0.25, 0.3) is 0 Å². The van der Waals surface area contributed by atoms with Gasteiger partial charge in [-0.25, -0.2) is 4.79 Å². The monoisotopic (exact) mass is 332 g/mol. The topological polar surface area (TPSA) is 47.3 Å². The van der Waals surface area contributed by atoms with Gasteiger partial charge in [0.05, 0.1) is 0 Å². The van der Waals surface area contributed by atoms with Crippen molar-refractivity contribution in [2.45, 2.75) is 26.2 Å². The molecule has 0 amide bonds. The van der Waals surface area contributed by atoms with Crippen molar-refractivity contribution >= 4 is 16.9 Å². The summed E-state index contributed by atoms with van der Waals surface area (Å²) in [6.45, 7) is 1.76. The molecule has 126 valence electrons. The number of rotatable bonds is 2. The molecule has 1 heterocycles. The fourth-order valence-electron chi connectivity index (χ4n) is 5.55. The molecule has 4 atom stereocenters. The Morgan fingerprint density at radius 3 is 2.36 bits per heavy atom. The third-order valence-electron chi connectivity index (χ3n) is 6.34. The van der Waals surface area contributed by atoms with Crippen LogP contribution >= 0.6 is 0 Å². The number of hydrogen-bond donors (Lipinski definition) is 0. The Morgan fingerprint density at radius 1 is 0.920 bits per heavy atom. The fourth-order valence-corrected chi connectivity index (χ4v) is 5.55. The number of ketones is 1. The zero-order valence-corrected chi connectivity index (χ0v) is 14.2. The molecule has 1 aromatic carbocycles. The maximum absolute atomic E-state index is 13.4. The molecule has 3 aliphatic rings. The molecule has 25 heavy (non-hydrogen) atoms. The summed E-state index contributed by atoms with van der Waals surface area (Å²) in [5.74, 6) is 2.33. The number of hydrogen-bond acceptors (Lipinski definition) is 3. The predicted octanol–water partition coefficient (Wildman–Crippen LogP) is 4.10. The van der Waals surface area contributed by atoms with Crippen LogP contribution in [0.5, 0.6) is 0 Å². The second-order valence-corrected chi connectivity index (χ2v) is 7.68. The predicted molar refractivity (Wildman–Crippen MR) is 95.8 cm³/mol. The van der Waals surface area contributed by atoms with Crippen LogP contribution in [0.15, 0.2) is 51.7 Å². The molecule has 0 saturated heterocycles. The summed E-state index contributed by atoms with van der Waals surface area (Å²) in [7, 11) is 0. The number of allylic oxidation sites excluding steroid dienone is 2. The quantitative estimate of drug-likeness (QED) is 0.832. The molecule has 2 bridgehead atoms. The third-order valence-corrected chi connectivity index (χ3v) is 6.34. The smallest absolute Gasteiger partial charge is 0.336 e. The molecular formula is C22H20O3. The second kappa shape index (κ2) is 5.29. The number of fused-ring (bicyclic) bond motifs is 5. The minimum atomic E-state index is -0.386. The van der Waals surface area contributed by atoms with Crippen LogP contribution < -0.4 is 5.63 Å². The first-order valence-electron chi connectivity index (χ1n) is 9.09. The molecule has 0 aliphatic heterocycles. The molecule has 5 rings (SSSR count). The van der Waals surface area contributed by atoms with Gasteiger partial charge in [-0.2, -0.15) is 0 Å². The van der Waals surface area contributed by atoms with E-state index < -0.39 is 0 Å². The Kier molecular flexibility index (Phi) is 3.15. The van der Waals surface area contributed by atoms with Gasteiger partial charge < -0.3 is 4.42 Å². The Balaban J connectivity index is 1.77. The van der Waals surface area contributed by atoms with Gasteiger partial charge in [-0.1, -0.05) is 30.3 Å². The van der Waals surface area contributed by atoms with Gasteiger partial charge >= 0.3 is 5.63 Å². The van der Waals surface area contributed by atoms with E-state index in [2.05, 4.69) is 12.1 Å². The van der Waals surface area contributed by atoms with E-state index in [1.54, 1.807) is 6.92 Å². The lowest BCUT2D eigenvalue weighted by molar-refractivity contribution is -0.118. The van der Waals surface area contributed by atoms with Crippen LogP contribution in [-0.4, -0.2) is 5.78 Å².